The summed E-state index contributed by atoms with van der Waals surface area (Å²) < 4.78 is 26.7. The molecule has 1 fully saturated rings. The zero-order valence-electron chi connectivity index (χ0n) is 14.4. The summed E-state index contributed by atoms with van der Waals surface area (Å²) in [7, 11) is 3.26. The fourth-order valence-electron chi connectivity index (χ4n) is 3.18. The van der Waals surface area contributed by atoms with Gasteiger partial charge in [-0.05, 0) is 30.9 Å². The molecule has 0 spiro atoms. The van der Waals surface area contributed by atoms with Crippen molar-refractivity contribution in [2.75, 3.05) is 20.3 Å². The highest BCUT2D eigenvalue weighted by Crippen LogP contribution is 2.30. The van der Waals surface area contributed by atoms with Gasteiger partial charge in [0.15, 0.2) is 11.6 Å². The molecular formula is C18H22FN3O3. The van der Waals surface area contributed by atoms with Crippen LogP contribution in [0.4, 0.5) is 4.39 Å². The number of aryl methyl sites for hydroxylation is 1. The average molecular weight is 347 g/mol. The first-order valence-corrected chi connectivity index (χ1v) is 8.30. The van der Waals surface area contributed by atoms with Crippen molar-refractivity contribution in [2.24, 2.45) is 13.0 Å². The minimum Gasteiger partial charge on any atom is -0.494 e. The number of nitrogens with zero attached hydrogens (tertiary/aromatic N) is 2. The molecule has 1 aliphatic heterocycles. The maximum atomic E-state index is 14.4. The number of benzene rings is 1. The Labute approximate surface area is 146 Å². The van der Waals surface area contributed by atoms with Crippen molar-refractivity contribution in [2.45, 2.75) is 18.9 Å². The van der Waals surface area contributed by atoms with E-state index in [1.807, 2.05) is 17.8 Å². The van der Waals surface area contributed by atoms with Gasteiger partial charge >= 0.3 is 0 Å². The summed E-state index contributed by atoms with van der Waals surface area (Å²) in [5.74, 6) is -0.146. The number of imidazole rings is 1. The van der Waals surface area contributed by atoms with E-state index in [-0.39, 0.29) is 23.3 Å². The third-order valence-corrected chi connectivity index (χ3v) is 4.59. The van der Waals surface area contributed by atoms with Crippen molar-refractivity contribution >= 4 is 5.91 Å². The second-order valence-corrected chi connectivity index (χ2v) is 6.12. The van der Waals surface area contributed by atoms with E-state index in [0.717, 1.165) is 18.7 Å². The number of carbonyl (C=O) groups is 1. The van der Waals surface area contributed by atoms with Crippen LogP contribution in [0, 0.1) is 11.7 Å². The number of amides is 1. The molecule has 1 saturated heterocycles. The Morgan fingerprint density at radius 2 is 2.20 bits per heavy atom. The fourth-order valence-corrected chi connectivity index (χ4v) is 3.18. The third kappa shape index (κ3) is 3.66. The van der Waals surface area contributed by atoms with Crippen molar-refractivity contribution in [3.8, 4) is 5.75 Å². The van der Waals surface area contributed by atoms with Gasteiger partial charge in [-0.25, -0.2) is 9.37 Å². The number of nitrogens with one attached hydrogen (secondary N) is 1. The molecule has 0 bridgehead atoms. The number of aromatic nitrogens is 2. The van der Waals surface area contributed by atoms with E-state index in [9.17, 15) is 9.18 Å². The maximum absolute atomic E-state index is 14.4. The predicted octanol–water partition coefficient (Wildman–Crippen LogP) is 2.47. The SMILES string of the molecule is COc1cccc(C(=O)N[C@H](c2nccn2C)C2CCOCC2)c1F. The minimum atomic E-state index is -0.659. The number of ether oxygens (including phenoxy) is 2. The third-order valence-electron chi connectivity index (χ3n) is 4.59. The highest BCUT2D eigenvalue weighted by atomic mass is 19.1. The standard InChI is InChI=1S/C18H22FN3O3/c1-22-9-8-20-17(22)16(12-6-10-25-11-7-12)21-18(23)13-4-3-5-14(24-2)15(13)19/h3-5,8-9,12,16H,6-7,10-11H2,1-2H3,(H,21,23)/t16-/m0/s1. The Kier molecular flexibility index (Phi) is 5.33. The molecule has 2 heterocycles. The molecule has 1 amide bonds. The molecule has 1 N–H and O–H groups in total. The van der Waals surface area contributed by atoms with Crippen LogP contribution < -0.4 is 10.1 Å². The topological polar surface area (TPSA) is 65.4 Å². The van der Waals surface area contributed by atoms with Crippen LogP contribution in [0.2, 0.25) is 0 Å². The van der Waals surface area contributed by atoms with E-state index in [1.165, 1.54) is 19.2 Å². The molecule has 2 aromatic rings. The highest BCUT2D eigenvalue weighted by Gasteiger charge is 2.30. The summed E-state index contributed by atoms with van der Waals surface area (Å²) in [6.07, 6.45) is 5.16. The van der Waals surface area contributed by atoms with Crippen LogP contribution in [0.15, 0.2) is 30.6 Å². The van der Waals surface area contributed by atoms with Gasteiger partial charge in [-0.3, -0.25) is 4.79 Å². The first-order valence-electron chi connectivity index (χ1n) is 8.30. The number of carbonyl (C=O) groups excluding carboxylic acids is 1. The number of halogens is 1. The number of methoxy groups -OCH3 is 1. The summed E-state index contributed by atoms with van der Waals surface area (Å²) in [6.45, 7) is 1.30. The Hall–Kier alpha value is -2.41. The lowest BCUT2D eigenvalue weighted by Crippen LogP contribution is -2.37. The molecule has 3 rings (SSSR count). The molecule has 134 valence electrons. The first-order chi connectivity index (χ1) is 12.1. The lowest BCUT2D eigenvalue weighted by Gasteiger charge is -2.30. The highest BCUT2D eigenvalue weighted by molar-refractivity contribution is 5.95. The Morgan fingerprint density at radius 1 is 1.44 bits per heavy atom. The normalized spacial score (nSPS) is 16.4. The monoisotopic (exact) mass is 347 g/mol. The van der Waals surface area contributed by atoms with Crippen molar-refractivity contribution in [1.29, 1.82) is 0 Å². The molecule has 1 atom stereocenters. The van der Waals surface area contributed by atoms with E-state index in [4.69, 9.17) is 9.47 Å². The second-order valence-electron chi connectivity index (χ2n) is 6.12. The van der Waals surface area contributed by atoms with Crippen LogP contribution in [-0.4, -0.2) is 35.8 Å². The summed E-state index contributed by atoms with van der Waals surface area (Å²) in [6, 6.07) is 4.23. The van der Waals surface area contributed by atoms with Gasteiger partial charge in [-0.1, -0.05) is 6.07 Å². The van der Waals surface area contributed by atoms with Gasteiger partial charge in [0.2, 0.25) is 0 Å². The molecular weight excluding hydrogens is 325 g/mol. The summed E-state index contributed by atoms with van der Waals surface area (Å²) in [5.41, 5.74) is -0.0365. The minimum absolute atomic E-state index is 0.0365. The van der Waals surface area contributed by atoms with E-state index in [2.05, 4.69) is 10.3 Å². The maximum Gasteiger partial charge on any atom is 0.255 e. The van der Waals surface area contributed by atoms with Crippen LogP contribution >= 0.6 is 0 Å². The number of hydrogen-bond acceptors (Lipinski definition) is 4. The van der Waals surface area contributed by atoms with Crippen molar-refractivity contribution < 1.29 is 18.7 Å². The summed E-state index contributed by atoms with van der Waals surface area (Å²) in [5, 5.41) is 2.97. The number of rotatable bonds is 5. The quantitative estimate of drug-likeness (QED) is 0.902. The largest absolute Gasteiger partial charge is 0.494 e. The molecule has 0 radical (unpaired) electrons. The van der Waals surface area contributed by atoms with Gasteiger partial charge in [0.05, 0.1) is 18.7 Å². The van der Waals surface area contributed by atoms with Gasteiger partial charge < -0.3 is 19.4 Å². The van der Waals surface area contributed by atoms with Crippen LogP contribution in [-0.2, 0) is 11.8 Å². The molecule has 7 heteroatoms. The summed E-state index contributed by atoms with van der Waals surface area (Å²) >= 11 is 0. The zero-order chi connectivity index (χ0) is 17.8. The van der Waals surface area contributed by atoms with Gasteiger partial charge in [-0.2, -0.15) is 0 Å². The molecule has 0 unspecified atom stereocenters. The molecule has 1 aromatic heterocycles. The van der Waals surface area contributed by atoms with E-state index >= 15 is 0 Å². The first kappa shape index (κ1) is 17.4. The zero-order valence-corrected chi connectivity index (χ0v) is 14.4. The van der Waals surface area contributed by atoms with E-state index in [1.54, 1.807) is 12.3 Å². The van der Waals surface area contributed by atoms with Crippen LogP contribution in [0.1, 0.15) is 35.1 Å². The fraction of sp³-hybridized carbons (Fsp3) is 0.444. The van der Waals surface area contributed by atoms with Crippen LogP contribution in [0.5, 0.6) is 5.75 Å². The lowest BCUT2D eigenvalue weighted by molar-refractivity contribution is 0.0498. The van der Waals surface area contributed by atoms with Crippen molar-refractivity contribution in [3.05, 3.63) is 47.8 Å². The van der Waals surface area contributed by atoms with Gasteiger partial charge in [0.25, 0.3) is 5.91 Å². The summed E-state index contributed by atoms with van der Waals surface area (Å²) in [4.78, 5) is 17.1. The molecule has 1 aromatic carbocycles. The van der Waals surface area contributed by atoms with Crippen LogP contribution in [0.25, 0.3) is 0 Å². The second kappa shape index (κ2) is 7.65. The lowest BCUT2D eigenvalue weighted by atomic mass is 9.90. The number of hydrogen-bond donors (Lipinski definition) is 1. The van der Waals surface area contributed by atoms with E-state index < -0.39 is 11.7 Å². The molecule has 0 aliphatic carbocycles. The van der Waals surface area contributed by atoms with Gasteiger partial charge in [-0.15, -0.1) is 0 Å². The van der Waals surface area contributed by atoms with Crippen LogP contribution in [0.3, 0.4) is 0 Å². The van der Waals surface area contributed by atoms with Gasteiger partial charge in [0, 0.05) is 32.7 Å². The predicted molar refractivity (Wildman–Crippen MR) is 89.9 cm³/mol. The Balaban J connectivity index is 1.87. The molecule has 25 heavy (non-hydrogen) atoms. The molecule has 0 saturated carbocycles. The molecule has 6 nitrogen and oxygen atoms in total. The Morgan fingerprint density at radius 3 is 2.84 bits per heavy atom. The van der Waals surface area contributed by atoms with Crippen molar-refractivity contribution in [3.63, 3.8) is 0 Å². The molecule has 1 aliphatic rings. The average Bonchev–Trinajstić information content (AvgIpc) is 3.06. The smallest absolute Gasteiger partial charge is 0.255 e. The Bertz CT molecular complexity index is 741. The van der Waals surface area contributed by atoms with E-state index in [0.29, 0.717) is 13.2 Å². The van der Waals surface area contributed by atoms with Crippen molar-refractivity contribution in [1.82, 2.24) is 14.9 Å². The van der Waals surface area contributed by atoms with Gasteiger partial charge in [0.1, 0.15) is 5.82 Å².